The van der Waals surface area contributed by atoms with Gasteiger partial charge in [-0.05, 0) is 64.0 Å². The van der Waals surface area contributed by atoms with E-state index in [2.05, 4.69) is 35.9 Å². The molecule has 0 aromatic carbocycles. The second-order valence-electron chi connectivity index (χ2n) is 7.83. The van der Waals surface area contributed by atoms with Gasteiger partial charge < -0.3 is 15.3 Å². The third-order valence-electron chi connectivity index (χ3n) is 5.30. The van der Waals surface area contributed by atoms with Gasteiger partial charge in [0.25, 0.3) is 0 Å². The second-order valence-corrected chi connectivity index (χ2v) is 7.83. The summed E-state index contributed by atoms with van der Waals surface area (Å²) in [5.41, 5.74) is 0. The molecule has 2 rings (SSSR count). The smallest absolute Gasteiger partial charge is 0.193 e. The molecule has 2 heterocycles. The first kappa shape index (κ1) is 19.5. The van der Waals surface area contributed by atoms with Gasteiger partial charge in [-0.2, -0.15) is 0 Å². The monoisotopic (exact) mass is 338 g/mol. The Morgan fingerprint density at radius 3 is 2.62 bits per heavy atom. The Kier molecular flexibility index (Phi) is 8.33. The van der Waals surface area contributed by atoms with Crippen LogP contribution in [0.25, 0.3) is 0 Å². The zero-order valence-electron chi connectivity index (χ0n) is 16.0. The first-order chi connectivity index (χ1) is 11.6. The number of likely N-dealkylation sites (tertiary alicyclic amines) is 2. The molecule has 2 saturated heterocycles. The quantitative estimate of drug-likeness (QED) is 0.526. The minimum absolute atomic E-state index is 0.268. The zero-order chi connectivity index (χ0) is 17.4. The van der Waals surface area contributed by atoms with E-state index < -0.39 is 0 Å². The molecule has 0 aromatic heterocycles. The minimum Gasteiger partial charge on any atom is -0.396 e. The average molecular weight is 339 g/mol. The highest BCUT2D eigenvalue weighted by Crippen LogP contribution is 2.21. The molecular formula is C19H38N4O. The van der Waals surface area contributed by atoms with Crippen molar-refractivity contribution in [1.29, 1.82) is 0 Å². The fraction of sp³-hybridized carbons (Fsp3) is 0.947. The molecule has 2 atom stereocenters. The summed E-state index contributed by atoms with van der Waals surface area (Å²) in [4.78, 5) is 10.0. The third kappa shape index (κ3) is 5.92. The highest BCUT2D eigenvalue weighted by molar-refractivity contribution is 5.80. The summed E-state index contributed by atoms with van der Waals surface area (Å²) in [5.74, 6) is 2.22. The van der Waals surface area contributed by atoms with E-state index in [1.807, 2.05) is 0 Å². The van der Waals surface area contributed by atoms with Crippen LogP contribution in [0.1, 0.15) is 52.9 Å². The lowest BCUT2D eigenvalue weighted by Crippen LogP contribution is -2.43. The molecule has 0 aromatic rings. The van der Waals surface area contributed by atoms with Crippen molar-refractivity contribution >= 4 is 5.96 Å². The Morgan fingerprint density at radius 2 is 2.00 bits per heavy atom. The van der Waals surface area contributed by atoms with Crippen molar-refractivity contribution < 1.29 is 5.11 Å². The molecule has 140 valence electrons. The van der Waals surface area contributed by atoms with Crippen molar-refractivity contribution in [2.24, 2.45) is 16.8 Å². The Balaban J connectivity index is 1.91. The highest BCUT2D eigenvalue weighted by atomic mass is 16.3. The highest BCUT2D eigenvalue weighted by Gasteiger charge is 2.30. The number of aliphatic hydroxyl groups excluding tert-OH is 1. The number of hydrogen-bond donors (Lipinski definition) is 2. The lowest BCUT2D eigenvalue weighted by Gasteiger charge is -2.26. The van der Waals surface area contributed by atoms with Crippen LogP contribution in [0.3, 0.4) is 0 Å². The summed E-state index contributed by atoms with van der Waals surface area (Å²) in [6.45, 7) is 13.4. The predicted octanol–water partition coefficient (Wildman–Crippen LogP) is 2.17. The Labute approximate surface area is 148 Å². The molecule has 24 heavy (non-hydrogen) atoms. The number of rotatable bonds is 8. The normalized spacial score (nSPS) is 24.1. The molecule has 5 nitrogen and oxygen atoms in total. The molecule has 0 aliphatic carbocycles. The fourth-order valence-electron chi connectivity index (χ4n) is 4.11. The summed E-state index contributed by atoms with van der Waals surface area (Å²) in [7, 11) is 0. The summed E-state index contributed by atoms with van der Waals surface area (Å²) in [6.07, 6.45) is 5.99. The van der Waals surface area contributed by atoms with Gasteiger partial charge in [-0.25, -0.2) is 0 Å². The fourth-order valence-corrected chi connectivity index (χ4v) is 4.11. The molecule has 5 heteroatoms. The number of aliphatic hydroxyl groups is 1. The van der Waals surface area contributed by atoms with Gasteiger partial charge in [-0.3, -0.25) is 9.89 Å². The molecular weight excluding hydrogens is 300 g/mol. The van der Waals surface area contributed by atoms with Gasteiger partial charge in [-0.15, -0.1) is 0 Å². The van der Waals surface area contributed by atoms with Crippen LogP contribution in [0, 0.1) is 11.8 Å². The number of hydrogen-bond acceptors (Lipinski definition) is 3. The number of aliphatic imine (C=N–C) groups is 1. The van der Waals surface area contributed by atoms with E-state index in [1.54, 1.807) is 0 Å². The largest absolute Gasteiger partial charge is 0.396 e. The van der Waals surface area contributed by atoms with Gasteiger partial charge in [0, 0.05) is 38.8 Å². The van der Waals surface area contributed by atoms with E-state index in [4.69, 9.17) is 4.99 Å². The van der Waals surface area contributed by atoms with Crippen LogP contribution in [0.4, 0.5) is 0 Å². The first-order valence-electron chi connectivity index (χ1n) is 10.0. The Bertz CT molecular complexity index is 380. The molecule has 0 radical (unpaired) electrons. The van der Waals surface area contributed by atoms with E-state index >= 15 is 0 Å². The van der Waals surface area contributed by atoms with Gasteiger partial charge in [0.1, 0.15) is 0 Å². The topological polar surface area (TPSA) is 51.1 Å². The molecule has 2 fully saturated rings. The second kappa shape index (κ2) is 10.2. The number of nitrogens with zero attached hydrogens (tertiary/aromatic N) is 3. The maximum absolute atomic E-state index is 9.31. The number of guanidine groups is 1. The van der Waals surface area contributed by atoms with E-state index in [-0.39, 0.29) is 6.61 Å². The summed E-state index contributed by atoms with van der Waals surface area (Å²) in [5, 5.41) is 12.8. The molecule has 2 aliphatic rings. The number of nitrogens with one attached hydrogen (secondary N) is 1. The molecule has 2 N–H and O–H groups in total. The first-order valence-corrected chi connectivity index (χ1v) is 10.0. The van der Waals surface area contributed by atoms with Crippen LogP contribution in [0.5, 0.6) is 0 Å². The summed E-state index contributed by atoms with van der Waals surface area (Å²) >= 11 is 0. The van der Waals surface area contributed by atoms with Crippen LogP contribution < -0.4 is 5.32 Å². The van der Waals surface area contributed by atoms with Crippen LogP contribution in [-0.4, -0.2) is 72.8 Å². The SMILES string of the molecule is CCNC(=NCC(CCO)CC(C)C)N1CCC(N2CCCC2)C1. The third-order valence-corrected chi connectivity index (χ3v) is 5.30. The lowest BCUT2D eigenvalue weighted by molar-refractivity contribution is 0.244. The molecule has 0 saturated carbocycles. The molecule has 0 spiro atoms. The van der Waals surface area contributed by atoms with E-state index in [0.29, 0.717) is 17.9 Å². The lowest BCUT2D eigenvalue weighted by atomic mass is 9.94. The maximum Gasteiger partial charge on any atom is 0.193 e. The standard InChI is InChI=1S/C19H38N4O/c1-4-20-19(21-14-17(8-12-24)13-16(2)3)23-11-7-18(15-23)22-9-5-6-10-22/h16-18,24H,4-15H2,1-3H3,(H,20,21). The van der Waals surface area contributed by atoms with E-state index in [0.717, 1.165) is 45.0 Å². The van der Waals surface area contributed by atoms with Crippen LogP contribution in [0.2, 0.25) is 0 Å². The predicted molar refractivity (Wildman–Crippen MR) is 101 cm³/mol. The van der Waals surface area contributed by atoms with Gasteiger partial charge in [0.05, 0.1) is 0 Å². The van der Waals surface area contributed by atoms with Crippen molar-refractivity contribution in [2.45, 2.75) is 58.9 Å². The van der Waals surface area contributed by atoms with Crippen molar-refractivity contribution in [3.8, 4) is 0 Å². The van der Waals surface area contributed by atoms with Crippen LogP contribution in [0.15, 0.2) is 4.99 Å². The zero-order valence-corrected chi connectivity index (χ0v) is 16.0. The van der Waals surface area contributed by atoms with Crippen LogP contribution >= 0.6 is 0 Å². The van der Waals surface area contributed by atoms with Crippen molar-refractivity contribution in [2.75, 3.05) is 45.9 Å². The Morgan fingerprint density at radius 1 is 1.25 bits per heavy atom. The molecule has 0 amide bonds. The summed E-state index contributed by atoms with van der Waals surface area (Å²) in [6, 6.07) is 0.709. The minimum atomic E-state index is 0.268. The average Bonchev–Trinajstić information content (AvgIpc) is 3.21. The van der Waals surface area contributed by atoms with E-state index in [1.165, 1.54) is 32.4 Å². The van der Waals surface area contributed by atoms with Crippen LogP contribution in [-0.2, 0) is 0 Å². The van der Waals surface area contributed by atoms with Crippen molar-refractivity contribution in [3.05, 3.63) is 0 Å². The summed E-state index contributed by atoms with van der Waals surface area (Å²) < 4.78 is 0. The maximum atomic E-state index is 9.31. The molecule has 2 aliphatic heterocycles. The van der Waals surface area contributed by atoms with Crippen molar-refractivity contribution in [3.63, 3.8) is 0 Å². The van der Waals surface area contributed by atoms with Gasteiger partial charge in [0.15, 0.2) is 5.96 Å². The van der Waals surface area contributed by atoms with Gasteiger partial charge in [-0.1, -0.05) is 13.8 Å². The molecule has 0 bridgehead atoms. The van der Waals surface area contributed by atoms with E-state index in [9.17, 15) is 5.11 Å². The van der Waals surface area contributed by atoms with Crippen molar-refractivity contribution in [1.82, 2.24) is 15.1 Å². The van der Waals surface area contributed by atoms with Gasteiger partial charge in [0.2, 0.25) is 0 Å². The van der Waals surface area contributed by atoms with Gasteiger partial charge >= 0.3 is 0 Å². The Hall–Kier alpha value is -0.810. The molecule has 2 unspecified atom stereocenters.